The second kappa shape index (κ2) is 6.63. The van der Waals surface area contributed by atoms with Crippen molar-refractivity contribution in [2.24, 2.45) is 0 Å². The molecule has 2 aromatic rings. The highest BCUT2D eigenvalue weighted by Crippen LogP contribution is 2.31. The van der Waals surface area contributed by atoms with Crippen molar-refractivity contribution < 1.29 is 30.7 Å². The predicted octanol–water partition coefficient (Wildman–Crippen LogP) is 3.50. The number of aromatic nitrogens is 2. The van der Waals surface area contributed by atoms with E-state index in [0.29, 0.717) is 6.07 Å². The lowest BCUT2D eigenvalue weighted by Crippen LogP contribution is -2.36. The van der Waals surface area contributed by atoms with Crippen molar-refractivity contribution >= 4 is 0 Å². The lowest BCUT2D eigenvalue weighted by atomic mass is 10.0. The molecule has 1 aliphatic heterocycles. The zero-order chi connectivity index (χ0) is 20.0. The Labute approximate surface area is 147 Å². The van der Waals surface area contributed by atoms with Crippen LogP contribution in [0.1, 0.15) is 28.2 Å². The molecule has 0 saturated heterocycles. The number of halogens is 7. The Hall–Kier alpha value is -2.43. The van der Waals surface area contributed by atoms with Gasteiger partial charge in [-0.2, -0.15) is 26.3 Å². The molecular weight excluding hydrogens is 383 g/mol. The molecule has 0 radical (unpaired) electrons. The summed E-state index contributed by atoms with van der Waals surface area (Å²) in [5, 5.41) is 0. The molecule has 0 spiro atoms. The topological polar surface area (TPSA) is 49.0 Å². The Kier molecular flexibility index (Phi) is 4.74. The van der Waals surface area contributed by atoms with E-state index in [0.717, 1.165) is 12.1 Å². The number of alkyl halides is 6. The maximum Gasteiger partial charge on any atom is 0.449 e. The normalized spacial score (nSPS) is 15.7. The SMILES string of the molecule is O=c1[nH]c(C(F)(F)F)nc2c1CN(Cc1ccc(C(F)(F)F)cc1F)CC2. The molecule has 0 fully saturated rings. The largest absolute Gasteiger partial charge is 0.449 e. The Morgan fingerprint density at radius 1 is 1.11 bits per heavy atom. The minimum Gasteiger partial charge on any atom is -0.303 e. The van der Waals surface area contributed by atoms with Gasteiger partial charge in [0.2, 0.25) is 5.82 Å². The first-order chi connectivity index (χ1) is 12.4. The van der Waals surface area contributed by atoms with Gasteiger partial charge in [0.05, 0.1) is 16.8 Å². The van der Waals surface area contributed by atoms with Gasteiger partial charge in [0.25, 0.3) is 5.56 Å². The van der Waals surface area contributed by atoms with E-state index in [1.807, 2.05) is 0 Å². The molecule has 0 amide bonds. The van der Waals surface area contributed by atoms with Crippen molar-refractivity contribution in [1.82, 2.24) is 14.9 Å². The average Bonchev–Trinajstić information content (AvgIpc) is 2.55. The van der Waals surface area contributed by atoms with E-state index in [1.54, 1.807) is 9.88 Å². The Morgan fingerprint density at radius 3 is 2.41 bits per heavy atom. The van der Waals surface area contributed by atoms with Gasteiger partial charge in [0.15, 0.2) is 0 Å². The van der Waals surface area contributed by atoms with Gasteiger partial charge in [-0.05, 0) is 12.1 Å². The average molecular weight is 395 g/mol. The Bertz CT molecular complexity index is 918. The van der Waals surface area contributed by atoms with E-state index in [9.17, 15) is 35.5 Å². The number of nitrogens with zero attached hydrogens (tertiary/aromatic N) is 2. The fourth-order valence-electron chi connectivity index (χ4n) is 2.84. The quantitative estimate of drug-likeness (QED) is 0.792. The fraction of sp³-hybridized carbons (Fsp3) is 0.375. The number of nitrogens with one attached hydrogen (secondary N) is 1. The number of hydrogen-bond donors (Lipinski definition) is 1. The van der Waals surface area contributed by atoms with Crippen molar-refractivity contribution in [1.29, 1.82) is 0 Å². The lowest BCUT2D eigenvalue weighted by molar-refractivity contribution is -0.145. The summed E-state index contributed by atoms with van der Waals surface area (Å²) < 4.78 is 89.8. The van der Waals surface area contributed by atoms with Crippen LogP contribution in [0.15, 0.2) is 23.0 Å². The highest BCUT2D eigenvalue weighted by atomic mass is 19.4. The smallest absolute Gasteiger partial charge is 0.303 e. The number of H-pyrrole nitrogens is 1. The molecule has 0 saturated carbocycles. The van der Waals surface area contributed by atoms with Crippen LogP contribution in [0.5, 0.6) is 0 Å². The first-order valence-corrected chi connectivity index (χ1v) is 7.72. The maximum absolute atomic E-state index is 14.0. The molecule has 146 valence electrons. The van der Waals surface area contributed by atoms with Crippen molar-refractivity contribution in [2.75, 3.05) is 6.54 Å². The maximum atomic E-state index is 14.0. The zero-order valence-corrected chi connectivity index (χ0v) is 13.5. The molecule has 1 aromatic heterocycles. The third-order valence-electron chi connectivity index (χ3n) is 4.19. The summed E-state index contributed by atoms with van der Waals surface area (Å²) in [4.78, 5) is 18.6. The van der Waals surface area contributed by atoms with E-state index in [1.165, 1.54) is 0 Å². The summed E-state index contributed by atoms with van der Waals surface area (Å²) in [6.45, 7) is 0.00134. The van der Waals surface area contributed by atoms with E-state index in [2.05, 4.69) is 4.98 Å². The molecular formula is C16H12F7N3O. The van der Waals surface area contributed by atoms with E-state index >= 15 is 0 Å². The van der Waals surface area contributed by atoms with Gasteiger partial charge in [-0.1, -0.05) is 6.07 Å². The minimum atomic E-state index is -4.78. The van der Waals surface area contributed by atoms with E-state index in [-0.39, 0.29) is 42.9 Å². The van der Waals surface area contributed by atoms with Crippen molar-refractivity contribution in [3.05, 3.63) is 62.6 Å². The Balaban J connectivity index is 1.80. The molecule has 2 heterocycles. The van der Waals surface area contributed by atoms with Crippen LogP contribution in [0.25, 0.3) is 0 Å². The van der Waals surface area contributed by atoms with Crippen molar-refractivity contribution in [3.63, 3.8) is 0 Å². The number of aromatic amines is 1. The third-order valence-corrected chi connectivity index (χ3v) is 4.19. The molecule has 0 aliphatic carbocycles. The van der Waals surface area contributed by atoms with Crippen LogP contribution in [0.4, 0.5) is 30.7 Å². The third kappa shape index (κ3) is 4.12. The highest BCUT2D eigenvalue weighted by Gasteiger charge is 2.36. The summed E-state index contributed by atoms with van der Waals surface area (Å²) in [5.41, 5.74) is -2.03. The van der Waals surface area contributed by atoms with Gasteiger partial charge in [0.1, 0.15) is 5.82 Å². The molecule has 3 rings (SSSR count). The van der Waals surface area contributed by atoms with E-state index in [4.69, 9.17) is 0 Å². The molecule has 0 atom stereocenters. The minimum absolute atomic E-state index is 0.00946. The first-order valence-electron chi connectivity index (χ1n) is 7.72. The molecule has 1 aromatic carbocycles. The summed E-state index contributed by atoms with van der Waals surface area (Å²) in [6.07, 6.45) is -9.42. The summed E-state index contributed by atoms with van der Waals surface area (Å²) in [7, 11) is 0. The molecule has 0 unspecified atom stereocenters. The van der Waals surface area contributed by atoms with Gasteiger partial charge >= 0.3 is 12.4 Å². The van der Waals surface area contributed by atoms with Gasteiger partial charge in [0, 0.05) is 31.6 Å². The number of fused-ring (bicyclic) bond motifs is 1. The van der Waals surface area contributed by atoms with Crippen LogP contribution >= 0.6 is 0 Å². The van der Waals surface area contributed by atoms with E-state index < -0.39 is 35.1 Å². The van der Waals surface area contributed by atoms with Crippen LogP contribution in [-0.2, 0) is 31.9 Å². The molecule has 1 N–H and O–H groups in total. The molecule has 4 nitrogen and oxygen atoms in total. The first kappa shape index (κ1) is 19.3. The number of benzene rings is 1. The van der Waals surface area contributed by atoms with Crippen LogP contribution < -0.4 is 5.56 Å². The second-order valence-corrected chi connectivity index (χ2v) is 6.10. The molecule has 1 aliphatic rings. The van der Waals surface area contributed by atoms with Crippen molar-refractivity contribution in [2.45, 2.75) is 31.9 Å². The zero-order valence-electron chi connectivity index (χ0n) is 13.5. The van der Waals surface area contributed by atoms with Crippen LogP contribution in [0, 0.1) is 5.82 Å². The summed E-state index contributed by atoms with van der Waals surface area (Å²) in [6, 6.07) is 2.14. The molecule has 11 heteroatoms. The predicted molar refractivity (Wildman–Crippen MR) is 79.1 cm³/mol. The van der Waals surface area contributed by atoms with Gasteiger partial charge in [-0.25, -0.2) is 9.37 Å². The number of hydrogen-bond acceptors (Lipinski definition) is 3. The standard InChI is InChI=1S/C16H12F7N3O/c17-11-5-9(15(18,19)20)2-1-8(11)6-26-4-3-12-10(7-26)13(27)25-14(24-12)16(21,22)23/h1-2,5H,3-4,6-7H2,(H,24,25,27). The highest BCUT2D eigenvalue weighted by molar-refractivity contribution is 5.27. The molecule has 0 bridgehead atoms. The van der Waals surface area contributed by atoms with Gasteiger partial charge in [-0.15, -0.1) is 0 Å². The summed E-state index contributed by atoms with van der Waals surface area (Å²) >= 11 is 0. The lowest BCUT2D eigenvalue weighted by Gasteiger charge is -2.28. The fourth-order valence-corrected chi connectivity index (χ4v) is 2.84. The Morgan fingerprint density at radius 2 is 1.81 bits per heavy atom. The van der Waals surface area contributed by atoms with Crippen LogP contribution in [0.2, 0.25) is 0 Å². The number of rotatable bonds is 2. The van der Waals surface area contributed by atoms with Crippen LogP contribution in [0.3, 0.4) is 0 Å². The van der Waals surface area contributed by atoms with Crippen molar-refractivity contribution in [3.8, 4) is 0 Å². The molecule has 27 heavy (non-hydrogen) atoms. The summed E-state index contributed by atoms with van der Waals surface area (Å²) in [5.74, 6) is -2.43. The van der Waals surface area contributed by atoms with Gasteiger partial charge < -0.3 is 4.98 Å². The van der Waals surface area contributed by atoms with Crippen LogP contribution in [-0.4, -0.2) is 21.4 Å². The second-order valence-electron chi connectivity index (χ2n) is 6.10. The monoisotopic (exact) mass is 395 g/mol. The van der Waals surface area contributed by atoms with Gasteiger partial charge in [-0.3, -0.25) is 9.69 Å².